The van der Waals surface area contributed by atoms with Gasteiger partial charge in [0.25, 0.3) is 0 Å². The van der Waals surface area contributed by atoms with Crippen molar-refractivity contribution in [1.82, 2.24) is 0 Å². The zero-order valence-electron chi connectivity index (χ0n) is 12.0. The second-order valence-corrected chi connectivity index (χ2v) is 5.15. The van der Waals surface area contributed by atoms with E-state index in [0.29, 0.717) is 0 Å². The molecular formula is C16H24O3. The molecule has 0 saturated heterocycles. The lowest BCUT2D eigenvalue weighted by Crippen LogP contribution is -2.21. The van der Waals surface area contributed by atoms with Crippen molar-refractivity contribution in [2.75, 3.05) is 0 Å². The van der Waals surface area contributed by atoms with E-state index < -0.39 is 11.9 Å². The standard InChI is InChI=1S/C16H24O3/c1-4-13(15(17)5-2)10-12-6-8-14(9-7-12)11(3)16(18)19/h6-9,11,13,15,17H,4-5,10H2,1-3H3,(H,18,19). The van der Waals surface area contributed by atoms with Crippen LogP contribution in [0.1, 0.15) is 50.7 Å². The summed E-state index contributed by atoms with van der Waals surface area (Å²) in [6.07, 6.45) is 2.30. The molecule has 0 heterocycles. The fourth-order valence-corrected chi connectivity index (χ4v) is 2.27. The molecule has 3 unspecified atom stereocenters. The van der Waals surface area contributed by atoms with Crippen LogP contribution in [-0.2, 0) is 11.2 Å². The zero-order valence-corrected chi connectivity index (χ0v) is 12.0. The predicted molar refractivity (Wildman–Crippen MR) is 76.3 cm³/mol. The summed E-state index contributed by atoms with van der Waals surface area (Å²) >= 11 is 0. The molecule has 0 saturated carbocycles. The molecule has 3 heteroatoms. The molecule has 1 aromatic carbocycles. The third-order valence-electron chi connectivity index (χ3n) is 3.83. The Morgan fingerprint density at radius 1 is 1.16 bits per heavy atom. The third-order valence-corrected chi connectivity index (χ3v) is 3.83. The van der Waals surface area contributed by atoms with E-state index in [9.17, 15) is 9.90 Å². The Labute approximate surface area is 115 Å². The molecule has 0 aliphatic carbocycles. The second-order valence-electron chi connectivity index (χ2n) is 5.15. The van der Waals surface area contributed by atoms with Gasteiger partial charge in [-0.25, -0.2) is 0 Å². The summed E-state index contributed by atoms with van der Waals surface area (Å²) in [4.78, 5) is 10.9. The van der Waals surface area contributed by atoms with Crippen LogP contribution in [0.4, 0.5) is 0 Å². The highest BCUT2D eigenvalue weighted by Crippen LogP contribution is 2.21. The smallest absolute Gasteiger partial charge is 0.310 e. The SMILES string of the molecule is CCC(O)C(CC)Cc1ccc(C(C)C(=O)O)cc1. The first-order valence-electron chi connectivity index (χ1n) is 6.99. The molecule has 1 aromatic rings. The second kappa shape index (κ2) is 7.29. The van der Waals surface area contributed by atoms with E-state index in [0.717, 1.165) is 30.4 Å². The van der Waals surface area contributed by atoms with Crippen LogP contribution in [0.3, 0.4) is 0 Å². The highest BCUT2D eigenvalue weighted by Gasteiger charge is 2.17. The molecule has 0 radical (unpaired) electrons. The fourth-order valence-electron chi connectivity index (χ4n) is 2.27. The average Bonchev–Trinajstić information content (AvgIpc) is 2.43. The first kappa shape index (κ1) is 15.7. The lowest BCUT2D eigenvalue weighted by molar-refractivity contribution is -0.138. The Hall–Kier alpha value is -1.35. The van der Waals surface area contributed by atoms with Crippen LogP contribution >= 0.6 is 0 Å². The maximum atomic E-state index is 10.9. The molecule has 19 heavy (non-hydrogen) atoms. The van der Waals surface area contributed by atoms with E-state index in [1.165, 1.54) is 0 Å². The van der Waals surface area contributed by atoms with E-state index >= 15 is 0 Å². The molecule has 0 aromatic heterocycles. The third kappa shape index (κ3) is 4.35. The lowest BCUT2D eigenvalue weighted by Gasteiger charge is -2.20. The molecule has 3 atom stereocenters. The average molecular weight is 264 g/mol. The molecule has 106 valence electrons. The Kier molecular flexibility index (Phi) is 6.03. The van der Waals surface area contributed by atoms with Crippen LogP contribution in [0, 0.1) is 5.92 Å². The van der Waals surface area contributed by atoms with E-state index in [2.05, 4.69) is 6.92 Å². The highest BCUT2D eigenvalue weighted by atomic mass is 16.4. The Morgan fingerprint density at radius 3 is 2.16 bits per heavy atom. The van der Waals surface area contributed by atoms with Crippen LogP contribution in [0.2, 0.25) is 0 Å². The van der Waals surface area contributed by atoms with Gasteiger partial charge in [-0.05, 0) is 36.8 Å². The minimum atomic E-state index is -0.805. The van der Waals surface area contributed by atoms with Gasteiger partial charge in [-0.2, -0.15) is 0 Å². The maximum absolute atomic E-state index is 10.9. The van der Waals surface area contributed by atoms with Gasteiger partial charge in [0, 0.05) is 0 Å². The number of carbonyl (C=O) groups is 1. The topological polar surface area (TPSA) is 57.5 Å². The normalized spacial score (nSPS) is 15.8. The zero-order chi connectivity index (χ0) is 14.4. The van der Waals surface area contributed by atoms with Crippen molar-refractivity contribution in [3.63, 3.8) is 0 Å². The van der Waals surface area contributed by atoms with Crippen molar-refractivity contribution in [3.05, 3.63) is 35.4 Å². The summed E-state index contributed by atoms with van der Waals surface area (Å²) in [5, 5.41) is 18.9. The summed E-state index contributed by atoms with van der Waals surface area (Å²) in [6.45, 7) is 5.77. The maximum Gasteiger partial charge on any atom is 0.310 e. The van der Waals surface area contributed by atoms with Crippen molar-refractivity contribution in [3.8, 4) is 0 Å². The quantitative estimate of drug-likeness (QED) is 0.795. The molecular weight excluding hydrogens is 240 g/mol. The van der Waals surface area contributed by atoms with Crippen molar-refractivity contribution < 1.29 is 15.0 Å². The van der Waals surface area contributed by atoms with Gasteiger partial charge in [-0.1, -0.05) is 44.5 Å². The number of benzene rings is 1. The largest absolute Gasteiger partial charge is 0.481 e. The molecule has 0 fully saturated rings. The summed E-state index contributed by atoms with van der Waals surface area (Å²) in [7, 11) is 0. The van der Waals surface area contributed by atoms with Gasteiger partial charge >= 0.3 is 5.97 Å². The van der Waals surface area contributed by atoms with Crippen molar-refractivity contribution in [1.29, 1.82) is 0 Å². The van der Waals surface area contributed by atoms with Gasteiger partial charge in [0.05, 0.1) is 12.0 Å². The molecule has 0 aliphatic rings. The molecule has 0 amide bonds. The number of rotatable bonds is 7. The number of carboxylic acids is 1. The summed E-state index contributed by atoms with van der Waals surface area (Å²) in [5.74, 6) is -1.01. The van der Waals surface area contributed by atoms with Crippen molar-refractivity contribution in [2.45, 2.75) is 52.1 Å². The van der Waals surface area contributed by atoms with E-state index in [1.807, 2.05) is 31.2 Å². The van der Waals surface area contributed by atoms with E-state index in [-0.39, 0.29) is 12.0 Å². The highest BCUT2D eigenvalue weighted by molar-refractivity contribution is 5.75. The molecule has 0 aliphatic heterocycles. The Morgan fingerprint density at radius 2 is 1.74 bits per heavy atom. The van der Waals surface area contributed by atoms with Crippen LogP contribution in [0.5, 0.6) is 0 Å². The monoisotopic (exact) mass is 264 g/mol. The van der Waals surface area contributed by atoms with Gasteiger partial charge in [0.2, 0.25) is 0 Å². The summed E-state index contributed by atoms with van der Waals surface area (Å²) in [6, 6.07) is 7.69. The van der Waals surface area contributed by atoms with Crippen LogP contribution in [0.15, 0.2) is 24.3 Å². The number of carboxylic acid groups (broad SMARTS) is 1. The van der Waals surface area contributed by atoms with Gasteiger partial charge in [-0.15, -0.1) is 0 Å². The van der Waals surface area contributed by atoms with Crippen LogP contribution < -0.4 is 0 Å². The molecule has 3 nitrogen and oxygen atoms in total. The molecule has 2 N–H and O–H groups in total. The minimum absolute atomic E-state index is 0.261. The minimum Gasteiger partial charge on any atom is -0.481 e. The van der Waals surface area contributed by atoms with Gasteiger partial charge in [-0.3, -0.25) is 4.79 Å². The Balaban J connectivity index is 2.73. The Bertz CT molecular complexity index is 397. The van der Waals surface area contributed by atoms with Gasteiger partial charge in [0.1, 0.15) is 0 Å². The first-order valence-corrected chi connectivity index (χ1v) is 6.99. The number of hydrogen-bond acceptors (Lipinski definition) is 2. The summed E-state index contributed by atoms with van der Waals surface area (Å²) in [5.41, 5.74) is 1.97. The van der Waals surface area contributed by atoms with Gasteiger partial charge in [0.15, 0.2) is 0 Å². The molecule has 0 bridgehead atoms. The van der Waals surface area contributed by atoms with Crippen molar-refractivity contribution in [2.24, 2.45) is 5.92 Å². The van der Waals surface area contributed by atoms with E-state index in [4.69, 9.17) is 5.11 Å². The summed E-state index contributed by atoms with van der Waals surface area (Å²) < 4.78 is 0. The number of hydrogen-bond donors (Lipinski definition) is 2. The van der Waals surface area contributed by atoms with Gasteiger partial charge < -0.3 is 10.2 Å². The number of aliphatic carboxylic acids is 1. The fraction of sp³-hybridized carbons (Fsp3) is 0.562. The lowest BCUT2D eigenvalue weighted by atomic mass is 9.89. The van der Waals surface area contributed by atoms with E-state index in [1.54, 1.807) is 6.92 Å². The number of aliphatic hydroxyl groups is 1. The molecule has 1 rings (SSSR count). The predicted octanol–water partition coefficient (Wildman–Crippen LogP) is 3.21. The molecule has 0 spiro atoms. The first-order chi connectivity index (χ1) is 8.99. The van der Waals surface area contributed by atoms with Crippen LogP contribution in [-0.4, -0.2) is 22.3 Å². The van der Waals surface area contributed by atoms with Crippen LogP contribution in [0.25, 0.3) is 0 Å². The number of aliphatic hydroxyl groups excluding tert-OH is 1. The van der Waals surface area contributed by atoms with Crippen molar-refractivity contribution >= 4 is 5.97 Å².